The number of allylic oxidation sites excluding steroid dienone is 1. The maximum Gasteiger partial charge on any atom is 0.268 e. The highest BCUT2D eigenvalue weighted by Crippen LogP contribution is 2.03. The van der Waals surface area contributed by atoms with Gasteiger partial charge in [-0.2, -0.15) is 0 Å². The molecule has 0 unspecified atom stereocenters. The first-order valence-electron chi connectivity index (χ1n) is 3.84. The van der Waals surface area contributed by atoms with E-state index in [9.17, 15) is 9.59 Å². The van der Waals surface area contributed by atoms with E-state index in [-0.39, 0.29) is 17.5 Å². The van der Waals surface area contributed by atoms with Crippen molar-refractivity contribution < 1.29 is 9.59 Å². The van der Waals surface area contributed by atoms with Crippen molar-refractivity contribution in [3.8, 4) is 0 Å². The molecule has 2 amide bonds. The maximum absolute atomic E-state index is 11.0. The van der Waals surface area contributed by atoms with Crippen molar-refractivity contribution in [2.75, 3.05) is 14.1 Å². The first-order valence-corrected chi connectivity index (χ1v) is 3.84. The lowest BCUT2D eigenvalue weighted by atomic mass is 10.3. The molecule has 0 saturated carbocycles. The Morgan fingerprint density at radius 3 is 2.08 bits per heavy atom. The van der Waals surface area contributed by atoms with Crippen molar-refractivity contribution in [3.05, 3.63) is 11.4 Å². The van der Waals surface area contributed by atoms with E-state index in [4.69, 9.17) is 5.73 Å². The number of nitrogens with two attached hydrogens (primary N) is 1. The highest BCUT2D eigenvalue weighted by Gasteiger charge is 2.12. The van der Waals surface area contributed by atoms with E-state index < -0.39 is 0 Å². The van der Waals surface area contributed by atoms with E-state index in [1.165, 1.54) is 18.9 Å². The smallest absolute Gasteiger partial charge is 0.268 e. The first-order chi connectivity index (χ1) is 5.91. The van der Waals surface area contributed by atoms with Crippen molar-refractivity contribution in [2.24, 2.45) is 5.73 Å². The quantitative estimate of drug-likeness (QED) is 0.564. The fourth-order valence-corrected chi connectivity index (χ4v) is 0.716. The number of nitrogens with one attached hydrogen (secondary N) is 1. The highest BCUT2D eigenvalue weighted by atomic mass is 16.2. The molecule has 0 aromatic carbocycles. The first kappa shape index (κ1) is 11.5. The van der Waals surface area contributed by atoms with Gasteiger partial charge in [-0.3, -0.25) is 9.59 Å². The lowest BCUT2D eigenvalue weighted by molar-refractivity contribution is -0.125. The molecular formula is C8H15N3O2. The largest absolute Gasteiger partial charge is 0.393 e. The minimum absolute atomic E-state index is 0.0557. The number of hydrogen-bond acceptors (Lipinski definition) is 3. The van der Waals surface area contributed by atoms with Gasteiger partial charge in [-0.1, -0.05) is 0 Å². The Labute approximate surface area is 77.6 Å². The summed E-state index contributed by atoms with van der Waals surface area (Å²) in [4.78, 5) is 23.3. The molecule has 0 rings (SSSR count). The standard InChI is InChI=1S/C8H15N3O2/c1-5(11(4)6(2)12)7(9)8(13)10-3/h9H2,1-4H3,(H,10,13)/b7-5+. The molecule has 13 heavy (non-hydrogen) atoms. The normalized spacial score (nSPS) is 11.7. The van der Waals surface area contributed by atoms with Gasteiger partial charge in [0.15, 0.2) is 0 Å². The minimum atomic E-state index is -0.384. The van der Waals surface area contributed by atoms with Crippen LogP contribution in [0.5, 0.6) is 0 Å². The number of carbonyl (C=O) groups is 2. The summed E-state index contributed by atoms with van der Waals surface area (Å²) in [7, 11) is 3.05. The lowest BCUT2D eigenvalue weighted by Crippen LogP contribution is -2.31. The molecule has 0 atom stereocenters. The molecule has 0 saturated heterocycles. The monoisotopic (exact) mass is 185 g/mol. The molecule has 3 N–H and O–H groups in total. The molecule has 74 valence electrons. The molecule has 0 aliphatic heterocycles. The van der Waals surface area contributed by atoms with E-state index in [1.807, 2.05) is 0 Å². The van der Waals surface area contributed by atoms with Gasteiger partial charge in [-0.05, 0) is 6.92 Å². The minimum Gasteiger partial charge on any atom is -0.393 e. The summed E-state index contributed by atoms with van der Waals surface area (Å²) in [5, 5.41) is 2.38. The molecule has 0 aliphatic carbocycles. The molecule has 0 aromatic heterocycles. The van der Waals surface area contributed by atoms with E-state index in [2.05, 4.69) is 5.32 Å². The van der Waals surface area contributed by atoms with Gasteiger partial charge in [0.05, 0.1) is 0 Å². The zero-order valence-electron chi connectivity index (χ0n) is 8.34. The van der Waals surface area contributed by atoms with Gasteiger partial charge < -0.3 is 16.0 Å². The fourth-order valence-electron chi connectivity index (χ4n) is 0.716. The molecule has 0 bridgehead atoms. The van der Waals surface area contributed by atoms with Gasteiger partial charge >= 0.3 is 0 Å². The average Bonchev–Trinajstić information content (AvgIpc) is 2.12. The average molecular weight is 185 g/mol. The lowest BCUT2D eigenvalue weighted by Gasteiger charge is -2.17. The summed E-state index contributed by atoms with van der Waals surface area (Å²) in [5.74, 6) is -0.546. The number of rotatable bonds is 2. The second-order valence-corrected chi connectivity index (χ2v) is 2.66. The van der Waals surface area contributed by atoms with Gasteiger partial charge in [0, 0.05) is 26.7 Å². The molecule has 0 aromatic rings. The Balaban J connectivity index is 4.80. The fraction of sp³-hybridized carbons (Fsp3) is 0.500. The van der Waals surface area contributed by atoms with Crippen LogP contribution in [-0.2, 0) is 9.59 Å². The van der Waals surface area contributed by atoms with Crippen LogP contribution >= 0.6 is 0 Å². The van der Waals surface area contributed by atoms with Crippen molar-refractivity contribution in [3.63, 3.8) is 0 Å². The van der Waals surface area contributed by atoms with Gasteiger partial charge in [0.2, 0.25) is 5.91 Å². The Morgan fingerprint density at radius 2 is 1.77 bits per heavy atom. The van der Waals surface area contributed by atoms with E-state index in [1.54, 1.807) is 14.0 Å². The Morgan fingerprint density at radius 1 is 1.31 bits per heavy atom. The SMILES string of the molecule is CNC(=O)/C(N)=C(/C)N(C)C(C)=O. The zero-order chi connectivity index (χ0) is 10.6. The molecule has 0 heterocycles. The van der Waals surface area contributed by atoms with Gasteiger partial charge in [0.1, 0.15) is 5.70 Å². The number of nitrogens with zero attached hydrogens (tertiary/aromatic N) is 1. The van der Waals surface area contributed by atoms with Crippen LogP contribution in [0.25, 0.3) is 0 Å². The Bertz CT molecular complexity index is 258. The van der Waals surface area contributed by atoms with Crippen molar-refractivity contribution in [2.45, 2.75) is 13.8 Å². The van der Waals surface area contributed by atoms with Crippen LogP contribution < -0.4 is 11.1 Å². The third-order valence-corrected chi connectivity index (χ3v) is 1.84. The highest BCUT2D eigenvalue weighted by molar-refractivity contribution is 5.93. The maximum atomic E-state index is 11.0. The summed E-state index contributed by atoms with van der Waals surface area (Å²) < 4.78 is 0. The van der Waals surface area contributed by atoms with Crippen molar-refractivity contribution in [1.82, 2.24) is 10.2 Å². The zero-order valence-corrected chi connectivity index (χ0v) is 8.34. The van der Waals surface area contributed by atoms with Crippen LogP contribution in [0.15, 0.2) is 11.4 Å². The molecular weight excluding hydrogens is 170 g/mol. The van der Waals surface area contributed by atoms with Crippen LogP contribution in [0, 0.1) is 0 Å². The van der Waals surface area contributed by atoms with E-state index >= 15 is 0 Å². The van der Waals surface area contributed by atoms with Crippen molar-refractivity contribution in [1.29, 1.82) is 0 Å². The summed E-state index contributed by atoms with van der Waals surface area (Å²) in [6, 6.07) is 0. The topological polar surface area (TPSA) is 75.4 Å². The van der Waals surface area contributed by atoms with Crippen LogP contribution in [0.1, 0.15) is 13.8 Å². The summed E-state index contributed by atoms with van der Waals surface area (Å²) in [6.07, 6.45) is 0. The predicted octanol–water partition coefficient (Wildman–Crippen LogP) is -0.599. The predicted molar refractivity (Wildman–Crippen MR) is 49.4 cm³/mol. The van der Waals surface area contributed by atoms with Crippen LogP contribution in [0.2, 0.25) is 0 Å². The molecule has 5 heteroatoms. The van der Waals surface area contributed by atoms with E-state index in [0.717, 1.165) is 0 Å². The molecule has 0 aliphatic rings. The Kier molecular flexibility index (Phi) is 3.97. The van der Waals surface area contributed by atoms with Gasteiger partial charge in [-0.15, -0.1) is 0 Å². The summed E-state index contributed by atoms with van der Waals surface area (Å²) in [5.41, 5.74) is 5.99. The third kappa shape index (κ3) is 2.77. The van der Waals surface area contributed by atoms with Crippen LogP contribution in [0.4, 0.5) is 0 Å². The number of carbonyl (C=O) groups excluding carboxylic acids is 2. The molecule has 0 radical (unpaired) electrons. The second kappa shape index (κ2) is 4.49. The molecule has 5 nitrogen and oxygen atoms in total. The number of amides is 2. The molecule has 0 fully saturated rings. The van der Waals surface area contributed by atoms with Crippen LogP contribution in [0.3, 0.4) is 0 Å². The number of hydrogen-bond donors (Lipinski definition) is 2. The third-order valence-electron chi connectivity index (χ3n) is 1.84. The van der Waals surface area contributed by atoms with Gasteiger partial charge in [0.25, 0.3) is 5.91 Å². The second-order valence-electron chi connectivity index (χ2n) is 2.66. The van der Waals surface area contributed by atoms with E-state index in [0.29, 0.717) is 5.70 Å². The number of likely N-dealkylation sites (N-methyl/N-ethyl adjacent to an activating group) is 1. The Hall–Kier alpha value is -1.52. The molecule has 0 spiro atoms. The van der Waals surface area contributed by atoms with Gasteiger partial charge in [-0.25, -0.2) is 0 Å². The summed E-state index contributed by atoms with van der Waals surface area (Å²) >= 11 is 0. The van der Waals surface area contributed by atoms with Crippen molar-refractivity contribution >= 4 is 11.8 Å². The summed E-state index contributed by atoms with van der Waals surface area (Å²) in [6.45, 7) is 3.02. The van der Waals surface area contributed by atoms with Crippen LogP contribution in [-0.4, -0.2) is 30.8 Å².